The quantitative estimate of drug-likeness (QED) is 0.600. The second-order valence-corrected chi connectivity index (χ2v) is 4.55. The van der Waals surface area contributed by atoms with Gasteiger partial charge in [-0.15, -0.1) is 0 Å². The van der Waals surface area contributed by atoms with Gasteiger partial charge in [-0.25, -0.2) is 4.99 Å². The molecule has 0 bridgehead atoms. The lowest BCUT2D eigenvalue weighted by molar-refractivity contribution is 0.582. The Morgan fingerprint density at radius 1 is 1.28 bits per heavy atom. The van der Waals surface area contributed by atoms with Gasteiger partial charge in [0.05, 0.1) is 0 Å². The molecule has 1 atom stereocenters. The fourth-order valence-electron chi connectivity index (χ4n) is 2.21. The van der Waals surface area contributed by atoms with Crippen molar-refractivity contribution in [3.05, 3.63) is 47.8 Å². The Labute approximate surface area is 105 Å². The van der Waals surface area contributed by atoms with E-state index in [1.807, 2.05) is 25.1 Å². The van der Waals surface area contributed by atoms with Crippen LogP contribution in [0.25, 0.3) is 10.9 Å². The topological polar surface area (TPSA) is 92.2 Å². The van der Waals surface area contributed by atoms with Gasteiger partial charge in [0.25, 0.3) is 0 Å². The lowest BCUT2D eigenvalue weighted by atomic mass is 9.99. The number of fused-ring (bicyclic) bond motifs is 1. The summed E-state index contributed by atoms with van der Waals surface area (Å²) in [4.78, 5) is 7.54. The summed E-state index contributed by atoms with van der Waals surface area (Å²) in [5.74, 6) is 0.324. The molecule has 0 spiro atoms. The number of rotatable bonds is 1. The van der Waals surface area contributed by atoms with E-state index in [9.17, 15) is 0 Å². The lowest BCUT2D eigenvalue weighted by Crippen LogP contribution is -2.42. The van der Waals surface area contributed by atoms with E-state index >= 15 is 0 Å². The number of guanidine groups is 1. The molecule has 1 aromatic heterocycles. The van der Waals surface area contributed by atoms with Crippen LogP contribution in [0.15, 0.2) is 41.5 Å². The molecule has 92 valence electrons. The van der Waals surface area contributed by atoms with Gasteiger partial charge >= 0.3 is 0 Å². The number of hydrogen-bond acceptors (Lipinski definition) is 4. The number of hydrogen-bond donors (Lipinski definition) is 4. The number of nitrogens with zero attached hydrogens (tertiary/aromatic N) is 1. The number of aromatic amines is 1. The van der Waals surface area contributed by atoms with Crippen molar-refractivity contribution in [2.24, 2.45) is 16.5 Å². The highest BCUT2D eigenvalue weighted by atomic mass is 15.2. The molecule has 0 aliphatic carbocycles. The largest absolute Gasteiger partial charge is 0.370 e. The van der Waals surface area contributed by atoms with Gasteiger partial charge < -0.3 is 16.0 Å². The number of H-pyrrole nitrogens is 1. The number of benzene rings is 1. The third kappa shape index (κ3) is 1.65. The van der Waals surface area contributed by atoms with Crippen molar-refractivity contribution in [1.29, 1.82) is 0 Å². The van der Waals surface area contributed by atoms with Gasteiger partial charge in [0.1, 0.15) is 0 Å². The maximum Gasteiger partial charge on any atom is 0.195 e. The maximum atomic E-state index is 6.26. The van der Waals surface area contributed by atoms with E-state index in [0.29, 0.717) is 5.96 Å². The zero-order valence-electron chi connectivity index (χ0n) is 10.1. The molecule has 5 nitrogen and oxygen atoms in total. The monoisotopic (exact) mass is 241 g/mol. The van der Waals surface area contributed by atoms with Crippen LogP contribution in [0.4, 0.5) is 0 Å². The number of nitrogens with two attached hydrogens (primary N) is 2. The molecule has 6 N–H and O–H groups in total. The second kappa shape index (κ2) is 3.61. The highest BCUT2D eigenvalue weighted by Crippen LogP contribution is 2.26. The predicted octanol–water partition coefficient (Wildman–Crippen LogP) is 1.02. The first-order chi connectivity index (χ1) is 8.57. The predicted molar refractivity (Wildman–Crippen MR) is 72.8 cm³/mol. The van der Waals surface area contributed by atoms with Crippen LogP contribution in [0.2, 0.25) is 0 Å². The van der Waals surface area contributed by atoms with Gasteiger partial charge in [-0.1, -0.05) is 6.07 Å². The molecular weight excluding hydrogens is 226 g/mol. The van der Waals surface area contributed by atoms with Gasteiger partial charge in [-0.2, -0.15) is 0 Å². The highest BCUT2D eigenvalue weighted by Gasteiger charge is 2.26. The molecule has 1 aliphatic heterocycles. The van der Waals surface area contributed by atoms with E-state index in [0.717, 1.165) is 22.2 Å². The second-order valence-electron chi connectivity index (χ2n) is 4.55. The summed E-state index contributed by atoms with van der Waals surface area (Å²) in [5.41, 5.74) is 14.2. The fourth-order valence-corrected chi connectivity index (χ4v) is 2.21. The van der Waals surface area contributed by atoms with Crippen LogP contribution in [0.3, 0.4) is 0 Å². The molecule has 2 aromatic rings. The van der Waals surface area contributed by atoms with Crippen molar-refractivity contribution in [3.8, 4) is 0 Å². The van der Waals surface area contributed by atoms with Crippen molar-refractivity contribution < 1.29 is 0 Å². The van der Waals surface area contributed by atoms with E-state index in [2.05, 4.69) is 21.4 Å². The number of aryl methyl sites for hydroxylation is 1. The van der Waals surface area contributed by atoms with Gasteiger partial charge in [-0.3, -0.25) is 5.73 Å². The minimum absolute atomic E-state index is 0.324. The van der Waals surface area contributed by atoms with Crippen molar-refractivity contribution in [1.82, 2.24) is 10.3 Å². The van der Waals surface area contributed by atoms with Gasteiger partial charge in [0.15, 0.2) is 11.6 Å². The van der Waals surface area contributed by atoms with Crippen molar-refractivity contribution >= 4 is 16.9 Å². The third-order valence-electron chi connectivity index (χ3n) is 3.09. The molecule has 0 amide bonds. The Morgan fingerprint density at radius 2 is 2.11 bits per heavy atom. The average Bonchev–Trinajstić information content (AvgIpc) is 2.67. The van der Waals surface area contributed by atoms with Crippen molar-refractivity contribution in [2.75, 3.05) is 0 Å². The van der Waals surface area contributed by atoms with Crippen LogP contribution in [-0.2, 0) is 5.66 Å². The Bertz CT molecular complexity index is 667. The third-order valence-corrected chi connectivity index (χ3v) is 3.09. The molecule has 0 saturated carbocycles. The van der Waals surface area contributed by atoms with E-state index in [1.165, 1.54) is 0 Å². The number of nitrogens with one attached hydrogen (secondary N) is 2. The summed E-state index contributed by atoms with van der Waals surface area (Å²) in [7, 11) is 0. The lowest BCUT2D eigenvalue weighted by Gasteiger charge is -2.25. The Balaban J connectivity index is 2.13. The highest BCUT2D eigenvalue weighted by molar-refractivity contribution is 5.83. The van der Waals surface area contributed by atoms with E-state index in [4.69, 9.17) is 11.5 Å². The van der Waals surface area contributed by atoms with Crippen molar-refractivity contribution in [2.45, 2.75) is 12.6 Å². The minimum atomic E-state index is -0.894. The maximum absolute atomic E-state index is 6.26. The van der Waals surface area contributed by atoms with E-state index in [1.54, 1.807) is 12.3 Å². The molecule has 1 aromatic carbocycles. The smallest absolute Gasteiger partial charge is 0.195 e. The van der Waals surface area contributed by atoms with Gasteiger partial charge in [-0.05, 0) is 36.8 Å². The molecule has 0 fully saturated rings. The van der Waals surface area contributed by atoms with Crippen LogP contribution >= 0.6 is 0 Å². The Morgan fingerprint density at radius 3 is 2.89 bits per heavy atom. The Hall–Kier alpha value is -2.27. The zero-order chi connectivity index (χ0) is 12.8. The summed E-state index contributed by atoms with van der Waals surface area (Å²) in [6.45, 7) is 2.03. The summed E-state index contributed by atoms with van der Waals surface area (Å²) in [6.07, 6.45) is 3.51. The summed E-state index contributed by atoms with van der Waals surface area (Å²) < 4.78 is 0. The Kier molecular flexibility index (Phi) is 2.18. The first-order valence-electron chi connectivity index (χ1n) is 5.75. The van der Waals surface area contributed by atoms with Crippen molar-refractivity contribution in [3.63, 3.8) is 0 Å². The normalized spacial score (nSPS) is 22.9. The molecule has 2 heterocycles. The average molecular weight is 241 g/mol. The minimum Gasteiger partial charge on any atom is -0.370 e. The van der Waals surface area contributed by atoms with Crippen LogP contribution in [-0.4, -0.2) is 10.9 Å². The van der Waals surface area contributed by atoms with Crippen LogP contribution in [0.1, 0.15) is 11.3 Å². The summed E-state index contributed by atoms with van der Waals surface area (Å²) in [5, 5.41) is 3.93. The number of aliphatic imine (C=N–C) groups is 1. The first kappa shape index (κ1) is 10.9. The van der Waals surface area contributed by atoms with Crippen LogP contribution in [0.5, 0.6) is 0 Å². The summed E-state index contributed by atoms with van der Waals surface area (Å²) >= 11 is 0. The molecule has 5 heteroatoms. The molecule has 1 aliphatic rings. The van der Waals surface area contributed by atoms with Crippen LogP contribution < -0.4 is 16.8 Å². The number of aromatic nitrogens is 1. The van der Waals surface area contributed by atoms with E-state index < -0.39 is 5.66 Å². The zero-order valence-corrected chi connectivity index (χ0v) is 10.1. The first-order valence-corrected chi connectivity index (χ1v) is 5.75. The molecule has 3 rings (SSSR count). The molecule has 1 unspecified atom stereocenters. The molecular formula is C13H15N5. The molecule has 0 radical (unpaired) electrons. The summed E-state index contributed by atoms with van der Waals surface area (Å²) in [6, 6.07) is 8.09. The van der Waals surface area contributed by atoms with E-state index in [-0.39, 0.29) is 0 Å². The van der Waals surface area contributed by atoms with Gasteiger partial charge in [0.2, 0.25) is 0 Å². The molecule has 0 saturated heterocycles. The SMILES string of the molecule is Cc1cc2cc(C3(N)C=CNC(N)=N3)ccc2[nH]1. The molecule has 18 heavy (non-hydrogen) atoms. The standard InChI is InChI=1S/C13H15N5/c1-8-6-9-7-10(2-3-11(9)17-8)13(15)4-5-16-12(14)18-13/h2-7,17H,15H2,1H3,(H3,14,16,18). The fraction of sp³-hybridized carbons (Fsp3) is 0.154. The van der Waals surface area contributed by atoms with Gasteiger partial charge in [0, 0.05) is 22.8 Å². The van der Waals surface area contributed by atoms with Crippen LogP contribution in [0, 0.1) is 6.92 Å².